The molecule has 2 rings (SSSR count). The third-order valence-electron chi connectivity index (χ3n) is 2.23. The van der Waals surface area contributed by atoms with Gasteiger partial charge in [-0.3, -0.25) is 5.43 Å². The Balaban J connectivity index is 2.18. The second kappa shape index (κ2) is 3.91. The summed E-state index contributed by atoms with van der Waals surface area (Å²) in [6.45, 7) is 1.84. The Morgan fingerprint density at radius 1 is 1.57 bits per heavy atom. The molecule has 0 spiro atoms. The zero-order chi connectivity index (χ0) is 9.97. The minimum atomic E-state index is 0.404. The van der Waals surface area contributed by atoms with Gasteiger partial charge in [0, 0.05) is 6.54 Å². The van der Waals surface area contributed by atoms with Crippen molar-refractivity contribution in [1.82, 2.24) is 15.8 Å². The number of aromatic nitrogens is 2. The van der Waals surface area contributed by atoms with Gasteiger partial charge in [-0.1, -0.05) is 0 Å². The third-order valence-corrected chi connectivity index (χ3v) is 2.45. The lowest BCUT2D eigenvalue weighted by Crippen LogP contribution is -2.36. The molecule has 6 nitrogen and oxygen atoms in total. The van der Waals surface area contributed by atoms with Crippen LogP contribution in [-0.2, 0) is 13.0 Å². The van der Waals surface area contributed by atoms with Crippen LogP contribution >= 0.6 is 12.2 Å². The molecule has 0 fully saturated rings. The summed E-state index contributed by atoms with van der Waals surface area (Å²) >= 11 is 4.91. The average Bonchev–Trinajstić information content (AvgIpc) is 2.62. The first-order valence-electron chi connectivity index (χ1n) is 4.41. The molecule has 2 heterocycles. The van der Waals surface area contributed by atoms with E-state index in [0.717, 1.165) is 25.3 Å². The predicted molar refractivity (Wildman–Crippen MR) is 56.3 cm³/mol. The molecule has 0 saturated heterocycles. The monoisotopic (exact) mass is 213 g/mol. The average molecular weight is 213 g/mol. The number of hydrazine groups is 1. The van der Waals surface area contributed by atoms with Gasteiger partial charge in [0.05, 0.1) is 11.3 Å². The summed E-state index contributed by atoms with van der Waals surface area (Å²) in [4.78, 5) is 0. The van der Waals surface area contributed by atoms with Crippen molar-refractivity contribution >= 4 is 23.1 Å². The Morgan fingerprint density at radius 3 is 3.21 bits per heavy atom. The van der Waals surface area contributed by atoms with Crippen molar-refractivity contribution < 1.29 is 5.10 Å². The molecule has 0 aliphatic carbocycles. The lowest BCUT2D eigenvalue weighted by Gasteiger charge is -2.10. The maximum Gasteiger partial charge on any atom is 0.303 e. The van der Waals surface area contributed by atoms with Crippen LogP contribution in [0.5, 0.6) is 0 Å². The van der Waals surface area contributed by atoms with Crippen LogP contribution in [0.15, 0.2) is 0 Å². The van der Waals surface area contributed by atoms with E-state index in [1.54, 1.807) is 0 Å². The Hall–Kier alpha value is -1.18. The van der Waals surface area contributed by atoms with E-state index in [-0.39, 0.29) is 0 Å². The van der Waals surface area contributed by atoms with Gasteiger partial charge in [-0.2, -0.15) is 5.10 Å². The highest BCUT2D eigenvalue weighted by Crippen LogP contribution is 2.16. The summed E-state index contributed by atoms with van der Waals surface area (Å²) in [5, 5.41) is 12.8. The van der Waals surface area contributed by atoms with Gasteiger partial charge in [0.2, 0.25) is 0 Å². The molecule has 0 bridgehead atoms. The SMILES string of the molecule is NNC(=S)Nc1[nH+][nH]c2c1CCNC2. The number of nitrogens with one attached hydrogen (secondary N) is 5. The Bertz CT molecular complexity index is 346. The van der Waals surface area contributed by atoms with Crippen molar-refractivity contribution in [3.63, 3.8) is 0 Å². The maximum atomic E-state index is 5.17. The molecule has 0 atom stereocenters. The van der Waals surface area contributed by atoms with Crippen LogP contribution in [0.3, 0.4) is 0 Å². The smallest absolute Gasteiger partial charge is 0.303 e. The minimum absolute atomic E-state index is 0.404. The number of anilines is 1. The lowest BCUT2D eigenvalue weighted by molar-refractivity contribution is -0.434. The quantitative estimate of drug-likeness (QED) is 0.226. The Kier molecular flexibility index (Phi) is 2.62. The van der Waals surface area contributed by atoms with E-state index < -0.39 is 0 Å². The maximum absolute atomic E-state index is 5.17. The molecular formula is C7H13N6S+. The molecule has 1 aliphatic rings. The van der Waals surface area contributed by atoms with Gasteiger partial charge >= 0.3 is 5.82 Å². The van der Waals surface area contributed by atoms with Crippen molar-refractivity contribution in [2.45, 2.75) is 13.0 Å². The zero-order valence-corrected chi connectivity index (χ0v) is 8.42. The van der Waals surface area contributed by atoms with E-state index in [9.17, 15) is 0 Å². The first kappa shape index (κ1) is 9.38. The molecule has 0 amide bonds. The third kappa shape index (κ3) is 1.69. The number of hydrogen-bond acceptors (Lipinski definition) is 3. The normalized spacial score (nSPS) is 14.6. The second-order valence-electron chi connectivity index (χ2n) is 3.11. The van der Waals surface area contributed by atoms with Crippen LogP contribution in [-0.4, -0.2) is 16.8 Å². The molecule has 7 N–H and O–H groups in total. The van der Waals surface area contributed by atoms with Crippen LogP contribution in [0.1, 0.15) is 11.3 Å². The van der Waals surface area contributed by atoms with Gasteiger partial charge in [0.15, 0.2) is 0 Å². The molecule has 14 heavy (non-hydrogen) atoms. The highest BCUT2D eigenvalue weighted by atomic mass is 32.1. The number of nitrogens with two attached hydrogens (primary N) is 1. The van der Waals surface area contributed by atoms with Crippen LogP contribution in [0.25, 0.3) is 0 Å². The van der Waals surface area contributed by atoms with E-state index in [0.29, 0.717) is 5.11 Å². The second-order valence-corrected chi connectivity index (χ2v) is 3.52. The molecule has 1 aromatic rings. The molecule has 76 valence electrons. The number of hydrogen-bond donors (Lipinski definition) is 5. The topological polar surface area (TPSA) is 92.0 Å². The lowest BCUT2D eigenvalue weighted by atomic mass is 10.1. The van der Waals surface area contributed by atoms with Gasteiger partial charge in [-0.05, 0) is 25.2 Å². The van der Waals surface area contributed by atoms with E-state index >= 15 is 0 Å². The van der Waals surface area contributed by atoms with Crippen molar-refractivity contribution in [1.29, 1.82) is 0 Å². The Morgan fingerprint density at radius 2 is 2.43 bits per heavy atom. The number of H-pyrrole nitrogens is 2. The fourth-order valence-electron chi connectivity index (χ4n) is 1.55. The van der Waals surface area contributed by atoms with Crippen LogP contribution in [0.4, 0.5) is 5.82 Å². The predicted octanol–water partition coefficient (Wildman–Crippen LogP) is -1.37. The summed E-state index contributed by atoms with van der Waals surface area (Å²) in [7, 11) is 0. The van der Waals surface area contributed by atoms with Gasteiger partial charge in [-0.15, -0.1) is 0 Å². The molecule has 0 radical (unpaired) electrons. The van der Waals surface area contributed by atoms with Crippen molar-refractivity contribution in [3.05, 3.63) is 11.3 Å². The molecule has 0 aromatic carbocycles. The summed E-state index contributed by atoms with van der Waals surface area (Å²) in [5.74, 6) is 6.07. The van der Waals surface area contributed by atoms with Crippen LogP contribution < -0.4 is 27.0 Å². The Labute approximate surface area is 86.6 Å². The van der Waals surface area contributed by atoms with Crippen LogP contribution in [0, 0.1) is 0 Å². The summed E-state index contributed by atoms with van der Waals surface area (Å²) in [5.41, 5.74) is 4.78. The molecule has 1 aliphatic heterocycles. The summed E-state index contributed by atoms with van der Waals surface area (Å²) < 4.78 is 0. The first-order valence-corrected chi connectivity index (χ1v) is 4.82. The molecule has 0 unspecified atom stereocenters. The largest absolute Gasteiger partial charge is 0.311 e. The van der Waals surface area contributed by atoms with E-state index in [2.05, 4.69) is 26.3 Å². The minimum Gasteiger partial charge on any atom is -0.311 e. The van der Waals surface area contributed by atoms with E-state index in [1.807, 2.05) is 0 Å². The zero-order valence-electron chi connectivity index (χ0n) is 7.61. The summed E-state index contributed by atoms with van der Waals surface area (Å²) in [6.07, 6.45) is 0.977. The fraction of sp³-hybridized carbons (Fsp3) is 0.429. The fourth-order valence-corrected chi connectivity index (χ4v) is 1.65. The number of fused-ring (bicyclic) bond motifs is 1. The highest BCUT2D eigenvalue weighted by molar-refractivity contribution is 7.80. The van der Waals surface area contributed by atoms with Crippen molar-refractivity contribution in [2.75, 3.05) is 11.9 Å². The molecular weight excluding hydrogens is 200 g/mol. The van der Waals surface area contributed by atoms with Gasteiger partial charge in [0.1, 0.15) is 0 Å². The van der Waals surface area contributed by atoms with Crippen molar-refractivity contribution in [3.8, 4) is 0 Å². The number of rotatable bonds is 1. The first-order chi connectivity index (χ1) is 6.81. The van der Waals surface area contributed by atoms with E-state index in [4.69, 9.17) is 18.1 Å². The standard InChI is InChI=1S/C7H12N6S/c8-11-7(14)10-6-4-1-2-9-3-5(4)12-13-6/h9H,1-3,8H2,(H3,10,11,12,13,14)/p+1. The summed E-state index contributed by atoms with van der Waals surface area (Å²) in [6, 6.07) is 0. The van der Waals surface area contributed by atoms with Crippen LogP contribution in [0.2, 0.25) is 0 Å². The van der Waals surface area contributed by atoms with Crippen molar-refractivity contribution in [2.24, 2.45) is 5.84 Å². The van der Waals surface area contributed by atoms with Gasteiger partial charge in [-0.25, -0.2) is 16.3 Å². The molecule has 0 saturated carbocycles. The van der Waals surface area contributed by atoms with Gasteiger partial charge in [0.25, 0.3) is 5.11 Å². The molecule has 7 heteroatoms. The number of aromatic amines is 2. The highest BCUT2D eigenvalue weighted by Gasteiger charge is 2.21. The van der Waals surface area contributed by atoms with E-state index in [1.165, 1.54) is 11.3 Å². The molecule has 1 aromatic heterocycles. The number of thiocarbonyl (C=S) groups is 1. The van der Waals surface area contributed by atoms with Gasteiger partial charge < -0.3 is 5.32 Å².